The zero-order valence-corrected chi connectivity index (χ0v) is 20.3. The van der Waals surface area contributed by atoms with E-state index in [-0.39, 0.29) is 29.9 Å². The zero-order chi connectivity index (χ0) is 22.3. The number of hydrogen-bond donors (Lipinski definition) is 1. The van der Waals surface area contributed by atoms with Crippen molar-refractivity contribution in [1.82, 2.24) is 15.2 Å². The molecule has 2 aromatic rings. The summed E-state index contributed by atoms with van der Waals surface area (Å²) in [6.07, 6.45) is -2.97. The van der Waals surface area contributed by atoms with E-state index in [1.807, 2.05) is 24.3 Å². The molecule has 1 aliphatic heterocycles. The second-order valence-corrected chi connectivity index (χ2v) is 6.98. The number of nitrogens with zero attached hydrogens (tertiary/aromatic N) is 4. The molecule has 0 bridgehead atoms. The highest BCUT2D eigenvalue weighted by molar-refractivity contribution is 14.0. The van der Waals surface area contributed by atoms with Crippen molar-refractivity contribution in [2.24, 2.45) is 4.99 Å². The molecule has 0 atom stereocenters. The van der Waals surface area contributed by atoms with Crippen LogP contribution in [-0.4, -0.2) is 69.0 Å². The third-order valence-corrected chi connectivity index (χ3v) is 4.86. The van der Waals surface area contributed by atoms with E-state index in [1.165, 1.54) is 12.3 Å². The lowest BCUT2D eigenvalue weighted by atomic mass is 10.2. The van der Waals surface area contributed by atoms with Crippen molar-refractivity contribution in [3.63, 3.8) is 0 Å². The fourth-order valence-corrected chi connectivity index (χ4v) is 3.28. The molecule has 0 radical (unpaired) electrons. The normalized spacial score (nSPS) is 14.6. The Bertz CT molecular complexity index is 872. The Morgan fingerprint density at radius 2 is 1.81 bits per heavy atom. The van der Waals surface area contributed by atoms with Crippen LogP contribution in [-0.2, 0) is 6.54 Å². The summed E-state index contributed by atoms with van der Waals surface area (Å²) >= 11 is 0. The number of benzene rings is 1. The number of pyridine rings is 1. The van der Waals surface area contributed by atoms with Crippen molar-refractivity contribution in [2.45, 2.75) is 12.7 Å². The van der Waals surface area contributed by atoms with Crippen molar-refractivity contribution >= 4 is 35.6 Å². The number of aliphatic imine (C=N–C) groups is 1. The van der Waals surface area contributed by atoms with E-state index >= 15 is 0 Å². The summed E-state index contributed by atoms with van der Waals surface area (Å²) in [5.41, 5.74) is 1.90. The first kappa shape index (κ1) is 25.8. The highest BCUT2D eigenvalue weighted by atomic mass is 127. The maximum absolute atomic E-state index is 12.3. The Balaban J connectivity index is 0.00000363. The summed E-state index contributed by atoms with van der Waals surface area (Å²) in [5, 5.41) is 3.26. The van der Waals surface area contributed by atoms with Gasteiger partial charge in [0.25, 0.3) is 0 Å². The molecule has 1 aliphatic rings. The van der Waals surface area contributed by atoms with Crippen molar-refractivity contribution < 1.29 is 22.6 Å². The molecule has 1 aromatic carbocycles. The summed E-state index contributed by atoms with van der Waals surface area (Å²) in [6, 6.07) is 11.2. The molecule has 0 unspecified atom stereocenters. The molecule has 1 fully saturated rings. The molecular weight excluding hydrogens is 538 g/mol. The molecule has 0 spiro atoms. The van der Waals surface area contributed by atoms with Gasteiger partial charge in [-0.05, 0) is 35.9 Å². The number of aromatic nitrogens is 1. The van der Waals surface area contributed by atoms with Crippen molar-refractivity contribution in [3.05, 3.63) is 48.2 Å². The first-order chi connectivity index (χ1) is 14.9. The highest BCUT2D eigenvalue weighted by Gasteiger charge is 2.28. The molecule has 3 rings (SSSR count). The largest absolute Gasteiger partial charge is 0.497 e. The molecule has 11 heteroatoms. The van der Waals surface area contributed by atoms with Gasteiger partial charge in [0.05, 0.1) is 7.11 Å². The summed E-state index contributed by atoms with van der Waals surface area (Å²) in [7, 11) is 3.36. The smallest absolute Gasteiger partial charge is 0.422 e. The van der Waals surface area contributed by atoms with Crippen molar-refractivity contribution in [2.75, 3.05) is 51.8 Å². The molecule has 1 aromatic heterocycles. The minimum atomic E-state index is -4.40. The average molecular weight is 565 g/mol. The zero-order valence-electron chi connectivity index (χ0n) is 17.9. The molecule has 0 aliphatic carbocycles. The van der Waals surface area contributed by atoms with Crippen LogP contribution in [0.15, 0.2) is 47.6 Å². The van der Waals surface area contributed by atoms with Gasteiger partial charge in [0.1, 0.15) is 5.75 Å². The van der Waals surface area contributed by atoms with Crippen LogP contribution in [0.1, 0.15) is 5.56 Å². The number of anilines is 1. The molecular formula is C21H27F3IN5O2. The van der Waals surface area contributed by atoms with Gasteiger partial charge in [-0.3, -0.25) is 4.99 Å². The van der Waals surface area contributed by atoms with E-state index < -0.39 is 12.8 Å². The fraction of sp³-hybridized carbons (Fsp3) is 0.429. The Morgan fingerprint density at radius 1 is 1.12 bits per heavy atom. The van der Waals surface area contributed by atoms with E-state index in [4.69, 9.17) is 9.47 Å². The summed E-state index contributed by atoms with van der Waals surface area (Å²) in [6.45, 7) is 2.31. The van der Waals surface area contributed by atoms with Crippen LogP contribution < -0.4 is 19.7 Å². The molecule has 0 amide bonds. The van der Waals surface area contributed by atoms with Gasteiger partial charge >= 0.3 is 6.18 Å². The molecule has 1 saturated heterocycles. The van der Waals surface area contributed by atoms with Crippen LogP contribution in [0.4, 0.5) is 18.9 Å². The number of piperazine rings is 1. The van der Waals surface area contributed by atoms with Crippen molar-refractivity contribution in [1.29, 1.82) is 0 Å². The van der Waals surface area contributed by atoms with E-state index in [9.17, 15) is 13.2 Å². The quantitative estimate of drug-likeness (QED) is 0.329. The van der Waals surface area contributed by atoms with Gasteiger partial charge < -0.3 is 24.6 Å². The molecule has 32 heavy (non-hydrogen) atoms. The van der Waals surface area contributed by atoms with Crippen LogP contribution in [0.25, 0.3) is 0 Å². The number of hydrogen-bond acceptors (Lipinski definition) is 5. The lowest BCUT2D eigenvalue weighted by molar-refractivity contribution is -0.154. The Kier molecular flexibility index (Phi) is 9.66. The maximum atomic E-state index is 12.3. The lowest BCUT2D eigenvalue weighted by Crippen LogP contribution is -2.52. The highest BCUT2D eigenvalue weighted by Crippen LogP contribution is 2.21. The van der Waals surface area contributed by atoms with Crippen LogP contribution in [0.5, 0.6) is 11.6 Å². The molecule has 176 valence electrons. The molecule has 7 nitrogen and oxygen atoms in total. The third-order valence-electron chi connectivity index (χ3n) is 4.86. The van der Waals surface area contributed by atoms with E-state index in [2.05, 4.69) is 25.1 Å². The lowest BCUT2D eigenvalue weighted by Gasteiger charge is -2.37. The second kappa shape index (κ2) is 12.0. The van der Waals surface area contributed by atoms with Crippen LogP contribution in [0.2, 0.25) is 0 Å². The van der Waals surface area contributed by atoms with Gasteiger partial charge in [-0.1, -0.05) is 0 Å². The van der Waals surface area contributed by atoms with Gasteiger partial charge in [-0.25, -0.2) is 4.98 Å². The Hall–Kier alpha value is -2.44. The summed E-state index contributed by atoms with van der Waals surface area (Å²) in [5.74, 6) is 1.51. The standard InChI is InChI=1S/C21H26F3N5O2.HI/c1-25-20(27-14-16-7-8-26-19(13-16)31-15-21(22,23)24)29-11-9-28(10-12-29)17-3-5-18(30-2)6-4-17;/h3-8,13H,9-12,14-15H2,1-2H3,(H,25,27);1H. The number of ether oxygens (including phenoxy) is 2. The molecule has 2 heterocycles. The van der Waals surface area contributed by atoms with E-state index in [1.54, 1.807) is 20.2 Å². The number of halogens is 4. The predicted octanol–water partition coefficient (Wildman–Crippen LogP) is 3.55. The van der Waals surface area contributed by atoms with Crippen LogP contribution >= 0.6 is 24.0 Å². The molecule has 0 saturated carbocycles. The number of rotatable bonds is 6. The second-order valence-electron chi connectivity index (χ2n) is 6.98. The Labute approximate surface area is 202 Å². The summed E-state index contributed by atoms with van der Waals surface area (Å²) < 4.78 is 46.9. The third kappa shape index (κ3) is 7.61. The van der Waals surface area contributed by atoms with Crippen molar-refractivity contribution in [3.8, 4) is 11.6 Å². The SMILES string of the molecule is CN=C(NCc1ccnc(OCC(F)(F)F)c1)N1CCN(c2ccc(OC)cc2)CC1.I. The van der Waals surface area contributed by atoms with E-state index in [0.29, 0.717) is 6.54 Å². The topological polar surface area (TPSA) is 62.2 Å². The van der Waals surface area contributed by atoms with Gasteiger partial charge in [-0.15, -0.1) is 24.0 Å². The number of guanidine groups is 1. The number of methoxy groups -OCH3 is 1. The fourth-order valence-electron chi connectivity index (χ4n) is 3.28. The Morgan fingerprint density at radius 3 is 2.41 bits per heavy atom. The van der Waals surface area contributed by atoms with Gasteiger partial charge in [0, 0.05) is 57.7 Å². The maximum Gasteiger partial charge on any atom is 0.422 e. The number of nitrogens with one attached hydrogen (secondary N) is 1. The van der Waals surface area contributed by atoms with E-state index in [0.717, 1.165) is 49.1 Å². The number of alkyl halides is 3. The first-order valence-electron chi connectivity index (χ1n) is 9.87. The monoisotopic (exact) mass is 565 g/mol. The van der Waals surface area contributed by atoms with Gasteiger partial charge in [0.15, 0.2) is 12.6 Å². The van der Waals surface area contributed by atoms with Gasteiger partial charge in [0.2, 0.25) is 5.88 Å². The van der Waals surface area contributed by atoms with Crippen LogP contribution in [0.3, 0.4) is 0 Å². The predicted molar refractivity (Wildman–Crippen MR) is 128 cm³/mol. The average Bonchev–Trinajstić information content (AvgIpc) is 2.78. The minimum absolute atomic E-state index is 0. The minimum Gasteiger partial charge on any atom is -0.497 e. The summed E-state index contributed by atoms with van der Waals surface area (Å²) in [4.78, 5) is 12.6. The molecule has 1 N–H and O–H groups in total. The first-order valence-corrected chi connectivity index (χ1v) is 9.87. The van der Waals surface area contributed by atoms with Crippen LogP contribution in [0, 0.1) is 0 Å². The van der Waals surface area contributed by atoms with Gasteiger partial charge in [-0.2, -0.15) is 13.2 Å².